The summed E-state index contributed by atoms with van der Waals surface area (Å²) in [6, 6.07) is 3.43. The van der Waals surface area contributed by atoms with Gasteiger partial charge in [0.1, 0.15) is 5.75 Å². The number of anilines is 1. The Morgan fingerprint density at radius 2 is 2.25 bits per heavy atom. The van der Waals surface area contributed by atoms with E-state index in [1.54, 1.807) is 24.1 Å². The summed E-state index contributed by atoms with van der Waals surface area (Å²) >= 11 is 10.6. The molecule has 1 fully saturated rings. The van der Waals surface area contributed by atoms with Gasteiger partial charge in [-0.25, -0.2) is 0 Å². The number of benzene rings is 1. The number of rotatable bonds is 3. The maximum absolute atomic E-state index is 12.1. The minimum Gasteiger partial charge on any atom is -0.495 e. The minimum atomic E-state index is -0.0274. The molecule has 0 spiro atoms. The third-order valence-electron chi connectivity index (χ3n) is 2.93. The molecule has 1 aromatic rings. The summed E-state index contributed by atoms with van der Waals surface area (Å²) in [5, 5.41) is 0.508. The molecule has 108 valence electrons. The Kier molecular flexibility index (Phi) is 4.99. The summed E-state index contributed by atoms with van der Waals surface area (Å²) < 4.78 is 6.01. The van der Waals surface area contributed by atoms with E-state index in [0.29, 0.717) is 33.9 Å². The topological polar surface area (TPSA) is 46.6 Å². The van der Waals surface area contributed by atoms with Crippen LogP contribution in [0.5, 0.6) is 5.75 Å². The molecular formula is C13H13BrClNO3S. The van der Waals surface area contributed by atoms with Crippen LogP contribution in [0.15, 0.2) is 16.6 Å². The molecule has 0 N–H and O–H groups in total. The zero-order valence-corrected chi connectivity index (χ0v) is 14.1. The first kappa shape index (κ1) is 15.7. The van der Waals surface area contributed by atoms with Crippen molar-refractivity contribution in [2.24, 2.45) is 0 Å². The van der Waals surface area contributed by atoms with Crippen LogP contribution in [0, 0.1) is 0 Å². The summed E-state index contributed by atoms with van der Waals surface area (Å²) in [5.74, 6) is 0.545. The van der Waals surface area contributed by atoms with Crippen molar-refractivity contribution >= 4 is 56.0 Å². The molecule has 1 atom stereocenters. The minimum absolute atomic E-state index is 0.0189. The van der Waals surface area contributed by atoms with Gasteiger partial charge in [-0.1, -0.05) is 23.4 Å². The molecule has 1 heterocycles. The number of halogens is 2. The Morgan fingerprint density at radius 1 is 1.55 bits per heavy atom. The summed E-state index contributed by atoms with van der Waals surface area (Å²) in [6.07, 6.45) is 0.348. The summed E-state index contributed by atoms with van der Waals surface area (Å²) in [6.45, 7) is 1.99. The highest BCUT2D eigenvalue weighted by atomic mass is 79.9. The lowest BCUT2D eigenvalue weighted by atomic mass is 10.2. The third kappa shape index (κ3) is 3.30. The van der Waals surface area contributed by atoms with Gasteiger partial charge in [-0.15, -0.1) is 0 Å². The van der Waals surface area contributed by atoms with Crippen LogP contribution in [0.3, 0.4) is 0 Å². The lowest BCUT2D eigenvalue weighted by Crippen LogP contribution is -2.25. The Bertz CT molecular complexity index is 567. The van der Waals surface area contributed by atoms with Crippen molar-refractivity contribution in [3.8, 4) is 5.75 Å². The molecule has 1 aliphatic heterocycles. The van der Waals surface area contributed by atoms with Crippen molar-refractivity contribution in [1.29, 1.82) is 0 Å². The van der Waals surface area contributed by atoms with Gasteiger partial charge in [-0.3, -0.25) is 9.59 Å². The predicted molar refractivity (Wildman–Crippen MR) is 84.7 cm³/mol. The van der Waals surface area contributed by atoms with Crippen molar-refractivity contribution in [3.05, 3.63) is 21.6 Å². The number of thioether (sulfide) groups is 1. The van der Waals surface area contributed by atoms with E-state index in [4.69, 9.17) is 16.3 Å². The number of hydrogen-bond donors (Lipinski definition) is 0. The smallest absolute Gasteiger partial charge is 0.228 e. The number of ether oxygens (including phenoxy) is 1. The van der Waals surface area contributed by atoms with Gasteiger partial charge >= 0.3 is 0 Å². The summed E-state index contributed by atoms with van der Waals surface area (Å²) in [7, 11) is 1.54. The van der Waals surface area contributed by atoms with Crippen molar-refractivity contribution in [2.75, 3.05) is 18.6 Å². The molecule has 1 aliphatic rings. The molecule has 0 bridgehead atoms. The van der Waals surface area contributed by atoms with Crippen LogP contribution in [0.25, 0.3) is 0 Å². The molecule has 0 aliphatic carbocycles. The fourth-order valence-electron chi connectivity index (χ4n) is 2.11. The van der Waals surface area contributed by atoms with Gasteiger partial charge in [0.2, 0.25) is 5.91 Å². The first-order chi connectivity index (χ1) is 9.42. The summed E-state index contributed by atoms with van der Waals surface area (Å²) in [4.78, 5) is 24.9. The van der Waals surface area contributed by atoms with Gasteiger partial charge in [0.05, 0.1) is 17.8 Å². The van der Waals surface area contributed by atoms with E-state index in [9.17, 15) is 9.59 Å². The second kappa shape index (κ2) is 6.37. The molecule has 1 saturated heterocycles. The van der Waals surface area contributed by atoms with E-state index in [1.165, 1.54) is 18.7 Å². The second-order valence-electron chi connectivity index (χ2n) is 4.38. The highest BCUT2D eigenvalue weighted by molar-refractivity contribution is 9.10. The lowest BCUT2D eigenvalue weighted by molar-refractivity contribution is -0.117. The van der Waals surface area contributed by atoms with Crippen LogP contribution < -0.4 is 9.64 Å². The zero-order chi connectivity index (χ0) is 14.9. The SMILES string of the molecule is COc1cc(Br)c(Cl)cc1N1CC(SC(C)=O)CC1=O. The highest BCUT2D eigenvalue weighted by Gasteiger charge is 2.33. The van der Waals surface area contributed by atoms with Crippen molar-refractivity contribution in [2.45, 2.75) is 18.6 Å². The number of carbonyl (C=O) groups is 2. The number of carbonyl (C=O) groups excluding carboxylic acids is 2. The van der Waals surface area contributed by atoms with Crippen LogP contribution in [-0.2, 0) is 9.59 Å². The molecule has 2 rings (SSSR count). The van der Waals surface area contributed by atoms with E-state index in [0.717, 1.165) is 0 Å². The normalized spacial score (nSPS) is 18.5. The van der Waals surface area contributed by atoms with Crippen LogP contribution in [0.2, 0.25) is 5.02 Å². The van der Waals surface area contributed by atoms with E-state index < -0.39 is 0 Å². The predicted octanol–water partition coefficient (Wildman–Crippen LogP) is 3.50. The van der Waals surface area contributed by atoms with Gasteiger partial charge in [0.25, 0.3) is 0 Å². The van der Waals surface area contributed by atoms with E-state index >= 15 is 0 Å². The Balaban J connectivity index is 2.30. The highest BCUT2D eigenvalue weighted by Crippen LogP contribution is 2.39. The molecule has 0 aromatic heterocycles. The van der Waals surface area contributed by atoms with E-state index in [-0.39, 0.29) is 16.3 Å². The van der Waals surface area contributed by atoms with Crippen LogP contribution >= 0.6 is 39.3 Å². The van der Waals surface area contributed by atoms with Gasteiger partial charge in [-0.05, 0) is 28.1 Å². The average Bonchev–Trinajstić information content (AvgIpc) is 2.72. The van der Waals surface area contributed by atoms with Gasteiger partial charge in [0, 0.05) is 29.6 Å². The quantitative estimate of drug-likeness (QED) is 0.807. The standard InChI is InChI=1S/C13H13BrClNO3S/c1-7(17)20-8-3-13(18)16(6-8)11-5-10(15)9(14)4-12(11)19-2/h4-5,8H,3,6H2,1-2H3. The van der Waals surface area contributed by atoms with Crippen LogP contribution in [0.4, 0.5) is 5.69 Å². The monoisotopic (exact) mass is 377 g/mol. The number of nitrogens with zero attached hydrogens (tertiary/aromatic N) is 1. The molecule has 1 unspecified atom stereocenters. The summed E-state index contributed by atoms with van der Waals surface area (Å²) in [5.41, 5.74) is 0.636. The maximum atomic E-state index is 12.1. The van der Waals surface area contributed by atoms with Crippen LogP contribution in [-0.4, -0.2) is 29.9 Å². The first-order valence-corrected chi connectivity index (χ1v) is 7.98. The maximum Gasteiger partial charge on any atom is 0.228 e. The Hall–Kier alpha value is -0.720. The average molecular weight is 379 g/mol. The van der Waals surface area contributed by atoms with Crippen molar-refractivity contribution < 1.29 is 14.3 Å². The van der Waals surface area contributed by atoms with Gasteiger partial charge in [-0.2, -0.15) is 0 Å². The zero-order valence-electron chi connectivity index (χ0n) is 11.0. The fraction of sp³-hybridized carbons (Fsp3) is 0.385. The largest absolute Gasteiger partial charge is 0.495 e. The Morgan fingerprint density at radius 3 is 2.85 bits per heavy atom. The number of hydrogen-bond acceptors (Lipinski definition) is 4. The molecule has 1 aromatic carbocycles. The molecule has 0 radical (unpaired) electrons. The molecule has 0 saturated carbocycles. The molecular weight excluding hydrogens is 366 g/mol. The second-order valence-corrected chi connectivity index (χ2v) is 7.12. The Labute approximate surface area is 134 Å². The third-order valence-corrected chi connectivity index (χ3v) is 5.11. The van der Waals surface area contributed by atoms with Crippen molar-refractivity contribution in [3.63, 3.8) is 0 Å². The van der Waals surface area contributed by atoms with E-state index in [2.05, 4.69) is 15.9 Å². The fourth-order valence-corrected chi connectivity index (χ4v) is 3.51. The number of methoxy groups -OCH3 is 1. The van der Waals surface area contributed by atoms with Gasteiger partial charge < -0.3 is 9.64 Å². The first-order valence-electron chi connectivity index (χ1n) is 5.93. The molecule has 7 heteroatoms. The molecule has 4 nitrogen and oxygen atoms in total. The van der Waals surface area contributed by atoms with Crippen LogP contribution in [0.1, 0.15) is 13.3 Å². The number of amides is 1. The van der Waals surface area contributed by atoms with Crippen molar-refractivity contribution in [1.82, 2.24) is 0 Å². The lowest BCUT2D eigenvalue weighted by Gasteiger charge is -2.20. The molecule has 1 amide bonds. The van der Waals surface area contributed by atoms with Gasteiger partial charge in [0.15, 0.2) is 5.12 Å². The van der Waals surface area contributed by atoms with E-state index in [1.807, 2.05) is 0 Å². The molecule has 20 heavy (non-hydrogen) atoms.